The van der Waals surface area contributed by atoms with Crippen LogP contribution in [0, 0.1) is 0 Å². The van der Waals surface area contributed by atoms with Crippen molar-refractivity contribution in [1.82, 2.24) is 4.90 Å². The van der Waals surface area contributed by atoms with E-state index in [1.165, 1.54) is 12.8 Å². The Morgan fingerprint density at radius 2 is 2.25 bits per heavy atom. The molecule has 0 amide bonds. The third-order valence-electron chi connectivity index (χ3n) is 2.47. The van der Waals surface area contributed by atoms with Crippen LogP contribution in [0.2, 0.25) is 0 Å². The molecule has 1 atom stereocenters. The topological polar surface area (TPSA) is 40.5 Å². The van der Waals surface area contributed by atoms with Gasteiger partial charge in [0.25, 0.3) is 0 Å². The van der Waals surface area contributed by atoms with Gasteiger partial charge < -0.3 is 5.11 Å². The zero-order valence-corrected chi connectivity index (χ0v) is 7.72. The van der Waals surface area contributed by atoms with Crippen molar-refractivity contribution < 1.29 is 9.90 Å². The van der Waals surface area contributed by atoms with Gasteiger partial charge in [0.2, 0.25) is 0 Å². The van der Waals surface area contributed by atoms with Crippen molar-refractivity contribution in [3.05, 3.63) is 0 Å². The van der Waals surface area contributed by atoms with Crippen molar-refractivity contribution in [1.29, 1.82) is 0 Å². The van der Waals surface area contributed by atoms with Crippen molar-refractivity contribution in [2.24, 2.45) is 0 Å². The van der Waals surface area contributed by atoms with E-state index < -0.39 is 5.97 Å². The van der Waals surface area contributed by atoms with E-state index in [0.717, 1.165) is 18.1 Å². The molecular weight excluding hydrogens is 174 g/mol. The molecule has 0 bridgehead atoms. The third-order valence-corrected chi connectivity index (χ3v) is 3.49. The van der Waals surface area contributed by atoms with E-state index in [1.807, 2.05) is 0 Å². The number of carbonyl (C=O) groups is 1. The lowest BCUT2D eigenvalue weighted by atomic mass is 10.2. The van der Waals surface area contributed by atoms with Gasteiger partial charge in [0.1, 0.15) is 6.04 Å². The summed E-state index contributed by atoms with van der Waals surface area (Å²) in [7, 11) is 0. The second-order valence-corrected chi connectivity index (χ2v) is 4.55. The second-order valence-electron chi connectivity index (χ2n) is 3.40. The Morgan fingerprint density at radius 1 is 1.50 bits per heavy atom. The molecule has 1 saturated heterocycles. The van der Waals surface area contributed by atoms with Crippen LogP contribution in [-0.4, -0.2) is 46.1 Å². The molecule has 1 saturated carbocycles. The summed E-state index contributed by atoms with van der Waals surface area (Å²) in [6, 6.07) is 0.378. The molecule has 12 heavy (non-hydrogen) atoms. The number of thioether (sulfide) groups is 1. The zero-order valence-electron chi connectivity index (χ0n) is 6.90. The van der Waals surface area contributed by atoms with Gasteiger partial charge in [-0.05, 0) is 12.8 Å². The molecule has 2 rings (SSSR count). The molecule has 2 fully saturated rings. The Morgan fingerprint density at radius 3 is 2.83 bits per heavy atom. The molecule has 1 unspecified atom stereocenters. The van der Waals surface area contributed by atoms with Gasteiger partial charge in [-0.3, -0.25) is 9.69 Å². The molecule has 0 spiro atoms. The van der Waals surface area contributed by atoms with Gasteiger partial charge in [-0.2, -0.15) is 11.8 Å². The first-order valence-electron chi connectivity index (χ1n) is 4.35. The van der Waals surface area contributed by atoms with Gasteiger partial charge >= 0.3 is 5.97 Å². The van der Waals surface area contributed by atoms with E-state index in [1.54, 1.807) is 11.8 Å². The Balaban J connectivity index is 2.00. The van der Waals surface area contributed by atoms with Crippen molar-refractivity contribution >= 4 is 17.7 Å². The Bertz CT molecular complexity index is 193. The van der Waals surface area contributed by atoms with Crippen LogP contribution in [0.5, 0.6) is 0 Å². The van der Waals surface area contributed by atoms with Crippen LogP contribution in [0.25, 0.3) is 0 Å². The van der Waals surface area contributed by atoms with E-state index in [-0.39, 0.29) is 6.04 Å². The van der Waals surface area contributed by atoms with Gasteiger partial charge in [-0.1, -0.05) is 0 Å². The highest BCUT2D eigenvalue weighted by Crippen LogP contribution is 2.31. The lowest BCUT2D eigenvalue weighted by Crippen LogP contribution is -2.48. The molecule has 1 aliphatic heterocycles. The van der Waals surface area contributed by atoms with Crippen LogP contribution in [0.3, 0.4) is 0 Å². The highest BCUT2D eigenvalue weighted by atomic mass is 32.2. The number of hydrogen-bond acceptors (Lipinski definition) is 3. The number of hydrogen-bond donors (Lipinski definition) is 1. The summed E-state index contributed by atoms with van der Waals surface area (Å²) in [5.74, 6) is 1.22. The highest BCUT2D eigenvalue weighted by Gasteiger charge is 2.38. The monoisotopic (exact) mass is 187 g/mol. The molecule has 2 aliphatic rings. The van der Waals surface area contributed by atoms with E-state index in [4.69, 9.17) is 5.11 Å². The number of carboxylic acid groups (broad SMARTS) is 1. The molecule has 4 heteroatoms. The van der Waals surface area contributed by atoms with Gasteiger partial charge in [0.15, 0.2) is 0 Å². The Kier molecular flexibility index (Phi) is 2.28. The van der Waals surface area contributed by atoms with Gasteiger partial charge in [-0.25, -0.2) is 0 Å². The Hall–Kier alpha value is -0.220. The number of nitrogens with zero attached hydrogens (tertiary/aromatic N) is 1. The van der Waals surface area contributed by atoms with E-state index in [0.29, 0.717) is 6.04 Å². The molecule has 1 heterocycles. The van der Waals surface area contributed by atoms with Crippen molar-refractivity contribution in [3.63, 3.8) is 0 Å². The fraction of sp³-hybridized carbons (Fsp3) is 0.875. The number of carboxylic acids is 1. The van der Waals surface area contributed by atoms with Gasteiger partial charge in [0.05, 0.1) is 0 Å². The molecule has 0 radical (unpaired) electrons. The second kappa shape index (κ2) is 3.26. The summed E-state index contributed by atoms with van der Waals surface area (Å²) in [5.41, 5.74) is 0. The maximum Gasteiger partial charge on any atom is 0.321 e. The minimum absolute atomic E-state index is 0.212. The number of aliphatic carboxylic acids is 1. The van der Waals surface area contributed by atoms with Crippen LogP contribution in [0.15, 0.2) is 0 Å². The zero-order chi connectivity index (χ0) is 8.55. The average Bonchev–Trinajstić information content (AvgIpc) is 2.87. The molecule has 0 aromatic heterocycles. The molecule has 1 aliphatic carbocycles. The number of rotatable bonds is 2. The molecular formula is C8H13NO2S. The first-order valence-corrected chi connectivity index (χ1v) is 5.51. The van der Waals surface area contributed by atoms with Crippen LogP contribution in [0.4, 0.5) is 0 Å². The van der Waals surface area contributed by atoms with E-state index in [2.05, 4.69) is 4.90 Å². The fourth-order valence-electron chi connectivity index (χ4n) is 1.67. The molecule has 3 nitrogen and oxygen atoms in total. The van der Waals surface area contributed by atoms with E-state index >= 15 is 0 Å². The minimum atomic E-state index is -0.644. The minimum Gasteiger partial charge on any atom is -0.480 e. The smallest absolute Gasteiger partial charge is 0.321 e. The molecule has 68 valence electrons. The summed E-state index contributed by atoms with van der Waals surface area (Å²) < 4.78 is 0. The normalized spacial score (nSPS) is 31.8. The Labute approximate surface area is 76.1 Å². The summed E-state index contributed by atoms with van der Waals surface area (Å²) in [6.45, 7) is 0.965. The highest BCUT2D eigenvalue weighted by molar-refractivity contribution is 7.99. The lowest BCUT2D eigenvalue weighted by molar-refractivity contribution is -0.142. The molecule has 1 N–H and O–H groups in total. The SMILES string of the molecule is O=C(O)C1CSCCN1C1CC1. The predicted molar refractivity (Wildman–Crippen MR) is 48.5 cm³/mol. The maximum atomic E-state index is 10.8. The summed E-state index contributed by atoms with van der Waals surface area (Å²) in [5, 5.41) is 8.93. The molecule has 0 aromatic rings. The van der Waals surface area contributed by atoms with Crippen molar-refractivity contribution in [2.75, 3.05) is 18.1 Å². The first kappa shape index (κ1) is 8.38. The summed E-state index contributed by atoms with van der Waals surface area (Å²) in [4.78, 5) is 13.0. The predicted octanol–water partition coefficient (Wildman–Crippen LogP) is 0.651. The van der Waals surface area contributed by atoms with Crippen molar-refractivity contribution in [2.45, 2.75) is 24.9 Å². The molecule has 0 aromatic carbocycles. The lowest BCUT2D eigenvalue weighted by Gasteiger charge is -2.32. The van der Waals surface area contributed by atoms with Gasteiger partial charge in [-0.15, -0.1) is 0 Å². The maximum absolute atomic E-state index is 10.8. The fourth-order valence-corrected chi connectivity index (χ4v) is 2.74. The van der Waals surface area contributed by atoms with E-state index in [9.17, 15) is 4.79 Å². The van der Waals surface area contributed by atoms with Crippen molar-refractivity contribution in [3.8, 4) is 0 Å². The third kappa shape index (κ3) is 1.59. The van der Waals surface area contributed by atoms with Crippen LogP contribution < -0.4 is 0 Å². The van der Waals surface area contributed by atoms with Crippen LogP contribution >= 0.6 is 11.8 Å². The average molecular weight is 187 g/mol. The standard InChI is InChI=1S/C8H13NO2S/c10-8(11)7-5-12-4-3-9(7)6-1-2-6/h6-7H,1-5H2,(H,10,11). The largest absolute Gasteiger partial charge is 0.480 e. The first-order chi connectivity index (χ1) is 5.79. The van der Waals surface area contributed by atoms with Gasteiger partial charge in [0, 0.05) is 24.1 Å². The summed E-state index contributed by atoms with van der Waals surface area (Å²) >= 11 is 1.76. The summed E-state index contributed by atoms with van der Waals surface area (Å²) in [6.07, 6.45) is 2.41. The van der Waals surface area contributed by atoms with Crippen LogP contribution in [0.1, 0.15) is 12.8 Å². The quantitative estimate of drug-likeness (QED) is 0.689. The van der Waals surface area contributed by atoms with Crippen LogP contribution in [-0.2, 0) is 4.79 Å².